The van der Waals surface area contributed by atoms with Gasteiger partial charge in [0.15, 0.2) is 0 Å². The van der Waals surface area contributed by atoms with Gasteiger partial charge in [-0.1, -0.05) is 56.0 Å². The molecular formula is C31H30N4O4. The van der Waals surface area contributed by atoms with E-state index in [0.717, 1.165) is 62.1 Å². The van der Waals surface area contributed by atoms with Gasteiger partial charge in [0.2, 0.25) is 11.8 Å². The summed E-state index contributed by atoms with van der Waals surface area (Å²) in [6, 6.07) is 17.0. The standard InChI is InChI=1S/C31H30N4O4/c32-18-24-17-22(14-16-28(24)36)29(37)34-33-19-23-13-15-27(26-12-6-5-11-25(23)26)35(30(38)20-7-1-2-8-20)31(39)21-9-3-4-10-21/h5-6,11-17,19-21,36H,1-4,7-10H2,(H,34,37)/b33-19+. The van der Waals surface area contributed by atoms with Crippen molar-refractivity contribution in [3.8, 4) is 11.8 Å². The molecule has 8 nitrogen and oxygen atoms in total. The van der Waals surface area contributed by atoms with Gasteiger partial charge in [0.1, 0.15) is 11.8 Å². The van der Waals surface area contributed by atoms with Crippen LogP contribution >= 0.6 is 0 Å². The number of imide groups is 1. The number of carbonyl (C=O) groups excluding carboxylic acids is 3. The molecule has 0 heterocycles. The molecule has 3 aromatic carbocycles. The van der Waals surface area contributed by atoms with Crippen molar-refractivity contribution in [3.05, 3.63) is 71.3 Å². The number of benzene rings is 3. The van der Waals surface area contributed by atoms with E-state index in [1.54, 1.807) is 12.1 Å². The molecule has 0 aliphatic heterocycles. The van der Waals surface area contributed by atoms with Gasteiger partial charge in [-0.05, 0) is 55.3 Å². The molecule has 198 valence electrons. The largest absolute Gasteiger partial charge is 0.507 e. The number of hydrazone groups is 1. The number of fused-ring (bicyclic) bond motifs is 1. The summed E-state index contributed by atoms with van der Waals surface area (Å²) in [5, 5.41) is 24.4. The lowest BCUT2D eigenvalue weighted by Crippen LogP contribution is -2.43. The fraction of sp³-hybridized carbons (Fsp3) is 0.323. The normalized spacial score (nSPS) is 16.0. The summed E-state index contributed by atoms with van der Waals surface area (Å²) < 4.78 is 0. The zero-order chi connectivity index (χ0) is 27.4. The molecular weight excluding hydrogens is 492 g/mol. The summed E-state index contributed by atoms with van der Waals surface area (Å²) >= 11 is 0. The van der Waals surface area contributed by atoms with Gasteiger partial charge in [-0.25, -0.2) is 10.3 Å². The van der Waals surface area contributed by atoms with Crippen molar-refractivity contribution < 1.29 is 19.5 Å². The van der Waals surface area contributed by atoms with Crippen molar-refractivity contribution in [3.63, 3.8) is 0 Å². The van der Waals surface area contributed by atoms with Crippen LogP contribution in [0.4, 0.5) is 5.69 Å². The molecule has 0 radical (unpaired) electrons. The minimum absolute atomic E-state index is 0.00271. The summed E-state index contributed by atoms with van der Waals surface area (Å²) in [5.74, 6) is -1.20. The maximum absolute atomic E-state index is 13.7. The molecule has 0 bridgehead atoms. The van der Waals surface area contributed by atoms with Crippen molar-refractivity contribution in [2.24, 2.45) is 16.9 Å². The molecule has 8 heteroatoms. The minimum atomic E-state index is -0.529. The van der Waals surface area contributed by atoms with E-state index < -0.39 is 5.91 Å². The molecule has 0 spiro atoms. The number of anilines is 1. The van der Waals surface area contributed by atoms with Gasteiger partial charge in [-0.3, -0.25) is 14.4 Å². The monoisotopic (exact) mass is 522 g/mol. The molecule has 3 aromatic rings. The molecule has 2 aliphatic carbocycles. The number of amides is 3. The van der Waals surface area contributed by atoms with Gasteiger partial charge >= 0.3 is 0 Å². The summed E-state index contributed by atoms with van der Waals surface area (Å²) in [4.78, 5) is 41.4. The Balaban J connectivity index is 1.45. The Morgan fingerprint density at radius 3 is 2.13 bits per heavy atom. The van der Waals surface area contributed by atoms with Crippen molar-refractivity contribution >= 4 is 40.4 Å². The topological polar surface area (TPSA) is 123 Å². The van der Waals surface area contributed by atoms with Crippen molar-refractivity contribution in [2.45, 2.75) is 51.4 Å². The molecule has 2 fully saturated rings. The molecule has 2 aliphatic rings. The highest BCUT2D eigenvalue weighted by Gasteiger charge is 2.37. The van der Waals surface area contributed by atoms with E-state index in [4.69, 9.17) is 5.26 Å². The van der Waals surface area contributed by atoms with Crippen LogP contribution in [-0.4, -0.2) is 29.0 Å². The number of nitrogens with zero attached hydrogens (tertiary/aromatic N) is 3. The number of phenolic OH excluding ortho intramolecular Hbond substituents is 1. The fourth-order valence-corrected chi connectivity index (χ4v) is 5.66. The number of nitriles is 1. The van der Waals surface area contributed by atoms with E-state index in [1.165, 1.54) is 29.3 Å². The fourth-order valence-electron chi connectivity index (χ4n) is 5.66. The summed E-state index contributed by atoms with van der Waals surface area (Å²) in [6.45, 7) is 0. The Morgan fingerprint density at radius 1 is 0.897 bits per heavy atom. The van der Waals surface area contributed by atoms with Gasteiger partial charge in [0.25, 0.3) is 5.91 Å². The van der Waals surface area contributed by atoms with Crippen LogP contribution in [0.2, 0.25) is 0 Å². The zero-order valence-corrected chi connectivity index (χ0v) is 21.6. The number of hydrogen-bond acceptors (Lipinski definition) is 6. The first-order valence-electron chi connectivity index (χ1n) is 13.4. The maximum Gasteiger partial charge on any atom is 0.271 e. The van der Waals surface area contributed by atoms with Crippen LogP contribution in [0.5, 0.6) is 5.75 Å². The highest BCUT2D eigenvalue weighted by atomic mass is 16.3. The molecule has 0 saturated heterocycles. The lowest BCUT2D eigenvalue weighted by molar-refractivity contribution is -0.130. The van der Waals surface area contributed by atoms with E-state index in [2.05, 4.69) is 10.5 Å². The second kappa shape index (κ2) is 11.5. The van der Waals surface area contributed by atoms with Crippen molar-refractivity contribution in [2.75, 3.05) is 4.90 Å². The van der Waals surface area contributed by atoms with Crippen LogP contribution in [0.1, 0.15) is 72.9 Å². The molecule has 5 rings (SSSR count). The van der Waals surface area contributed by atoms with Crippen LogP contribution in [-0.2, 0) is 9.59 Å². The smallest absolute Gasteiger partial charge is 0.271 e. The van der Waals surface area contributed by atoms with E-state index >= 15 is 0 Å². The third kappa shape index (κ3) is 5.39. The van der Waals surface area contributed by atoms with Gasteiger partial charge in [-0.2, -0.15) is 10.4 Å². The molecule has 39 heavy (non-hydrogen) atoms. The predicted molar refractivity (Wildman–Crippen MR) is 148 cm³/mol. The third-order valence-electron chi connectivity index (χ3n) is 7.77. The first-order chi connectivity index (χ1) is 19.0. The maximum atomic E-state index is 13.7. The number of carbonyl (C=O) groups is 3. The minimum Gasteiger partial charge on any atom is -0.507 e. The molecule has 0 aromatic heterocycles. The molecule has 0 unspecified atom stereocenters. The Kier molecular flexibility index (Phi) is 7.69. The Hall–Kier alpha value is -4.51. The lowest BCUT2D eigenvalue weighted by atomic mass is 9.98. The summed E-state index contributed by atoms with van der Waals surface area (Å²) in [5.41, 5.74) is 3.94. The first kappa shape index (κ1) is 26.1. The lowest BCUT2D eigenvalue weighted by Gasteiger charge is -2.28. The molecule has 3 amide bonds. The number of aromatic hydroxyl groups is 1. The van der Waals surface area contributed by atoms with Gasteiger partial charge in [-0.15, -0.1) is 0 Å². The Labute approximate surface area is 226 Å². The quantitative estimate of drug-likeness (QED) is 0.254. The van der Waals surface area contributed by atoms with Crippen molar-refractivity contribution in [1.82, 2.24) is 5.43 Å². The second-order valence-electron chi connectivity index (χ2n) is 10.2. The number of hydrogen-bond donors (Lipinski definition) is 2. The van der Waals surface area contributed by atoms with E-state index in [-0.39, 0.29) is 40.5 Å². The number of phenols is 1. The SMILES string of the molecule is N#Cc1cc(C(=O)N/N=C/c2ccc(N(C(=O)C3CCCC3)C(=O)C3CCCC3)c3ccccc23)ccc1O. The molecule has 2 N–H and O–H groups in total. The van der Waals surface area contributed by atoms with Crippen LogP contribution in [0.25, 0.3) is 10.8 Å². The second-order valence-corrected chi connectivity index (χ2v) is 10.2. The first-order valence-corrected chi connectivity index (χ1v) is 13.4. The van der Waals surface area contributed by atoms with E-state index in [9.17, 15) is 19.5 Å². The zero-order valence-electron chi connectivity index (χ0n) is 21.6. The average molecular weight is 523 g/mol. The van der Waals surface area contributed by atoms with E-state index in [1.807, 2.05) is 30.3 Å². The van der Waals surface area contributed by atoms with Gasteiger partial charge in [0, 0.05) is 28.3 Å². The van der Waals surface area contributed by atoms with Crippen LogP contribution in [0, 0.1) is 23.2 Å². The number of nitrogens with one attached hydrogen (secondary N) is 1. The van der Waals surface area contributed by atoms with Gasteiger partial charge < -0.3 is 5.11 Å². The summed E-state index contributed by atoms with van der Waals surface area (Å²) in [6.07, 6.45) is 8.78. The predicted octanol–water partition coefficient (Wildman–Crippen LogP) is 5.42. The number of rotatable bonds is 6. The Morgan fingerprint density at radius 2 is 1.51 bits per heavy atom. The van der Waals surface area contributed by atoms with Crippen LogP contribution in [0.15, 0.2) is 59.7 Å². The Bertz CT molecular complexity index is 1470. The highest BCUT2D eigenvalue weighted by Crippen LogP contribution is 2.36. The third-order valence-corrected chi connectivity index (χ3v) is 7.77. The van der Waals surface area contributed by atoms with Crippen LogP contribution < -0.4 is 10.3 Å². The van der Waals surface area contributed by atoms with E-state index in [0.29, 0.717) is 11.3 Å². The van der Waals surface area contributed by atoms with Crippen molar-refractivity contribution in [1.29, 1.82) is 5.26 Å². The molecule has 2 saturated carbocycles. The summed E-state index contributed by atoms with van der Waals surface area (Å²) in [7, 11) is 0. The molecule has 0 atom stereocenters. The average Bonchev–Trinajstić information content (AvgIpc) is 3.69. The van der Waals surface area contributed by atoms with Gasteiger partial charge in [0.05, 0.1) is 17.5 Å². The van der Waals surface area contributed by atoms with Crippen LogP contribution in [0.3, 0.4) is 0 Å². The highest BCUT2D eigenvalue weighted by molar-refractivity contribution is 6.21.